The molecule has 0 spiro atoms. The SMILES string of the molecule is CCCCCC/C=C\C=C/CCCCCCCC(=O)O[C@H](COCCCCCCC/C=C\CCCCCCC=O)COP(=O)(O)OC[C@@H](O)COP(=O)(O)OC[C@@H](COCCCCCCCCC/C=C\CCCCCCC=O)OCCCCCCC/C=C\CCCCCCC=O. The molecule has 0 aromatic heterocycles. The molecule has 0 aromatic rings. The summed E-state index contributed by atoms with van der Waals surface area (Å²) in [7, 11) is -9.57. The smallest absolute Gasteiger partial charge is 0.457 e. The lowest BCUT2D eigenvalue weighted by molar-refractivity contribution is -0.154. The molecule has 19 heteroatoms. The predicted octanol–water partition coefficient (Wildman–Crippen LogP) is 20.8. The third kappa shape index (κ3) is 73.9. The van der Waals surface area contributed by atoms with E-state index >= 15 is 0 Å². The molecule has 0 amide bonds. The summed E-state index contributed by atoms with van der Waals surface area (Å²) in [6.45, 7) is 1.29. The van der Waals surface area contributed by atoms with Crippen molar-refractivity contribution >= 4 is 40.5 Å². The minimum atomic E-state index is -4.83. The lowest BCUT2D eigenvalue weighted by Gasteiger charge is -2.21. The van der Waals surface area contributed by atoms with Crippen molar-refractivity contribution in [3.8, 4) is 0 Å². The fraction of sp³-hybridized carbons (Fsp3) is 0.818. The fourth-order valence-corrected chi connectivity index (χ4v) is 12.2. The normalized spacial score (nSPS) is 14.4. The van der Waals surface area contributed by atoms with Gasteiger partial charge in [0.25, 0.3) is 0 Å². The summed E-state index contributed by atoms with van der Waals surface area (Å²) in [5.74, 6) is -0.467. The van der Waals surface area contributed by atoms with Gasteiger partial charge in [-0.2, -0.15) is 0 Å². The van der Waals surface area contributed by atoms with Crippen molar-refractivity contribution in [1.29, 1.82) is 0 Å². The van der Waals surface area contributed by atoms with Crippen molar-refractivity contribution in [2.75, 3.05) is 59.5 Å². The highest BCUT2D eigenvalue weighted by Crippen LogP contribution is 2.45. The quantitative estimate of drug-likeness (QED) is 0.0128. The number of unbranched alkanes of at least 4 members (excludes halogenated alkanes) is 41. The lowest BCUT2D eigenvalue weighted by atomic mass is 10.1. The molecule has 0 aliphatic rings. The number of aliphatic hydroxyl groups excluding tert-OH is 1. The highest BCUT2D eigenvalue weighted by molar-refractivity contribution is 7.47. The highest BCUT2D eigenvalue weighted by Gasteiger charge is 2.29. The number of carbonyl (C=O) groups is 4. The van der Waals surface area contributed by atoms with E-state index in [0.717, 1.165) is 244 Å². The maximum atomic E-state index is 13.1. The Morgan fingerprint density at radius 2 is 0.615 bits per heavy atom. The minimum absolute atomic E-state index is 0.0602. The first-order valence-corrected chi connectivity index (χ1v) is 41.4. The van der Waals surface area contributed by atoms with E-state index < -0.39 is 59.7 Å². The number of allylic oxidation sites excluding steroid dienone is 10. The molecule has 0 rings (SSSR count). The zero-order valence-electron chi connectivity index (χ0n) is 60.4. The van der Waals surface area contributed by atoms with E-state index in [1.165, 1.54) is 64.2 Å². The number of aliphatic hydroxyl groups is 1. The number of carbonyl (C=O) groups excluding carboxylic acids is 4. The van der Waals surface area contributed by atoms with Crippen LogP contribution < -0.4 is 0 Å². The Morgan fingerprint density at radius 1 is 0.333 bits per heavy atom. The summed E-state index contributed by atoms with van der Waals surface area (Å²) in [5, 5.41) is 10.6. The lowest BCUT2D eigenvalue weighted by Crippen LogP contribution is -2.29. The van der Waals surface area contributed by atoms with Crippen molar-refractivity contribution in [3.05, 3.63) is 60.8 Å². The molecule has 0 aromatic carbocycles. The van der Waals surface area contributed by atoms with Crippen molar-refractivity contribution < 1.29 is 80.2 Å². The zero-order chi connectivity index (χ0) is 69.9. The second-order valence-corrected chi connectivity index (χ2v) is 28.7. The molecule has 17 nitrogen and oxygen atoms in total. The molecular weight excluding hydrogens is 1260 g/mol. The highest BCUT2D eigenvalue weighted by atomic mass is 31.2. The summed E-state index contributed by atoms with van der Waals surface area (Å²) >= 11 is 0. The Balaban J connectivity index is 5.13. The Hall–Kier alpha value is -2.76. The van der Waals surface area contributed by atoms with Crippen LogP contribution in [0, 0.1) is 0 Å². The van der Waals surface area contributed by atoms with E-state index in [1.54, 1.807) is 0 Å². The van der Waals surface area contributed by atoms with Crippen LogP contribution in [0.2, 0.25) is 0 Å². The van der Waals surface area contributed by atoms with Crippen LogP contribution >= 0.6 is 15.6 Å². The largest absolute Gasteiger partial charge is 0.472 e. The number of phosphoric ester groups is 2. The average Bonchev–Trinajstić information content (AvgIpc) is 3.03. The molecule has 0 saturated heterocycles. The number of hydrogen-bond acceptors (Lipinski definition) is 15. The van der Waals surface area contributed by atoms with Crippen molar-refractivity contribution in [1.82, 2.24) is 0 Å². The maximum Gasteiger partial charge on any atom is 0.472 e. The fourth-order valence-electron chi connectivity index (χ4n) is 10.6. The van der Waals surface area contributed by atoms with Gasteiger partial charge in [-0.05, 0) is 148 Å². The Bertz CT molecular complexity index is 1960. The van der Waals surface area contributed by atoms with E-state index in [4.69, 9.17) is 37.0 Å². The van der Waals surface area contributed by atoms with Crippen LogP contribution in [-0.4, -0.2) is 117 Å². The van der Waals surface area contributed by atoms with Crippen LogP contribution in [0.1, 0.15) is 328 Å². The van der Waals surface area contributed by atoms with E-state index in [2.05, 4.69) is 67.7 Å². The molecule has 96 heavy (non-hydrogen) atoms. The topological polar surface area (TPSA) is 237 Å². The monoisotopic (exact) mass is 1400 g/mol. The van der Waals surface area contributed by atoms with Crippen molar-refractivity contribution in [2.24, 2.45) is 0 Å². The van der Waals surface area contributed by atoms with Gasteiger partial charge in [0, 0.05) is 45.5 Å². The van der Waals surface area contributed by atoms with Gasteiger partial charge in [0.15, 0.2) is 0 Å². The molecular formula is C77H140O17P2. The van der Waals surface area contributed by atoms with Gasteiger partial charge < -0.3 is 48.2 Å². The molecule has 3 N–H and O–H groups in total. The molecule has 0 radical (unpaired) electrons. The van der Waals surface area contributed by atoms with Gasteiger partial charge in [-0.3, -0.25) is 22.9 Å². The summed E-state index contributed by atoms with van der Waals surface area (Å²) < 4.78 is 70.5. The first-order chi connectivity index (χ1) is 47.0. The van der Waals surface area contributed by atoms with Crippen LogP contribution in [0.3, 0.4) is 0 Å². The number of rotatable bonds is 79. The Kier molecular flexibility index (Phi) is 72.8. The molecule has 0 saturated carbocycles. The second kappa shape index (κ2) is 74.9. The summed E-state index contributed by atoms with van der Waals surface area (Å²) in [5.41, 5.74) is 0. The number of hydrogen-bond donors (Lipinski definition) is 3. The van der Waals surface area contributed by atoms with Gasteiger partial charge in [0.1, 0.15) is 37.2 Å². The van der Waals surface area contributed by atoms with Crippen LogP contribution in [-0.2, 0) is 65.4 Å². The third-order valence-electron chi connectivity index (χ3n) is 16.5. The van der Waals surface area contributed by atoms with E-state index in [1.807, 2.05) is 0 Å². The Labute approximate surface area is 584 Å². The van der Waals surface area contributed by atoms with Crippen LogP contribution in [0.5, 0.6) is 0 Å². The van der Waals surface area contributed by atoms with E-state index in [0.29, 0.717) is 45.5 Å². The van der Waals surface area contributed by atoms with Crippen LogP contribution in [0.25, 0.3) is 0 Å². The molecule has 0 bridgehead atoms. The van der Waals surface area contributed by atoms with Crippen molar-refractivity contribution in [3.63, 3.8) is 0 Å². The van der Waals surface area contributed by atoms with Gasteiger partial charge in [-0.1, -0.05) is 215 Å². The second-order valence-electron chi connectivity index (χ2n) is 25.8. The van der Waals surface area contributed by atoms with Gasteiger partial charge in [0.2, 0.25) is 0 Å². The molecule has 2 unspecified atom stereocenters. The van der Waals surface area contributed by atoms with Gasteiger partial charge >= 0.3 is 21.6 Å². The number of phosphoric acid groups is 2. The van der Waals surface area contributed by atoms with Crippen LogP contribution in [0.4, 0.5) is 0 Å². The molecule has 0 heterocycles. The minimum Gasteiger partial charge on any atom is -0.457 e. The number of ether oxygens (including phenoxy) is 4. The summed E-state index contributed by atoms with van der Waals surface area (Å²) in [6, 6.07) is 0. The van der Waals surface area contributed by atoms with Gasteiger partial charge in [0.05, 0.1) is 39.6 Å². The average molecular weight is 1400 g/mol. The van der Waals surface area contributed by atoms with E-state index in [9.17, 15) is 43.2 Å². The third-order valence-corrected chi connectivity index (χ3v) is 18.4. The number of esters is 1. The molecule has 0 aliphatic heterocycles. The van der Waals surface area contributed by atoms with Crippen molar-refractivity contribution in [2.45, 2.75) is 346 Å². The van der Waals surface area contributed by atoms with E-state index in [-0.39, 0.29) is 26.2 Å². The standard InChI is InChI=1S/C77H140O17P2/c1-2-3-4-5-6-7-8-9-12-19-26-33-40-47-54-61-77(82)94-76(71-88-66-59-52-45-38-31-24-17-14-21-28-35-42-49-56-63-79)73-93-96(85,86)91-69-74(81)68-90-95(83,84)92-72-75(89-67-60-53-46-39-32-25-18-15-22-29-36-43-50-57-64-80)70-87-65-58-51-44-37-30-23-16-11-10-13-20-27-34-41-48-55-62-78/h7-10,12-15,17-18,62-64,74-76,81H,2-6,11,16,19-61,65-73H2,1H3,(H,83,84)(H,85,86)/b8-7-,12-9-,13-10-,17-14-,18-15-/t74-,75+,76+/m0/s1. The first-order valence-electron chi connectivity index (χ1n) is 38.4. The number of aldehydes is 3. The molecule has 0 aliphatic carbocycles. The van der Waals surface area contributed by atoms with Gasteiger partial charge in [-0.15, -0.1) is 0 Å². The van der Waals surface area contributed by atoms with Gasteiger partial charge in [-0.25, -0.2) is 9.13 Å². The molecule has 0 fully saturated rings. The summed E-state index contributed by atoms with van der Waals surface area (Å²) in [6.07, 6.45) is 73.7. The summed E-state index contributed by atoms with van der Waals surface area (Å²) in [4.78, 5) is 65.7. The first kappa shape index (κ1) is 93.2. The maximum absolute atomic E-state index is 13.1. The predicted molar refractivity (Wildman–Crippen MR) is 391 cm³/mol. The van der Waals surface area contributed by atoms with Crippen LogP contribution in [0.15, 0.2) is 60.8 Å². The zero-order valence-corrected chi connectivity index (χ0v) is 62.2. The molecule has 5 atom stereocenters. The molecule has 560 valence electrons. The Morgan fingerprint density at radius 3 is 0.979 bits per heavy atom.